The number of hydrogen-bond donors (Lipinski definition) is 2. The highest BCUT2D eigenvalue weighted by molar-refractivity contribution is 5.89. The van der Waals surface area contributed by atoms with Gasteiger partial charge in [0.05, 0.1) is 12.6 Å². The summed E-state index contributed by atoms with van der Waals surface area (Å²) in [6.07, 6.45) is 1.62. The molecule has 0 aliphatic carbocycles. The first kappa shape index (κ1) is 20.1. The van der Waals surface area contributed by atoms with Gasteiger partial charge in [-0.1, -0.05) is 46.8 Å². The standard InChI is InChI=1S/C22H28FNO2/c1-14(2)20(13-25)24-12-16-10-17(22(3,4)5)11-19(21(16)26)15-6-8-18(23)9-7-15/h6-12,14,20,25-26H,13H2,1-5H3/t20-/m1/s1. The zero-order chi connectivity index (χ0) is 19.5. The van der Waals surface area contributed by atoms with Gasteiger partial charge in [-0.15, -0.1) is 0 Å². The summed E-state index contributed by atoms with van der Waals surface area (Å²) < 4.78 is 13.3. The first-order valence-corrected chi connectivity index (χ1v) is 8.91. The molecule has 0 saturated heterocycles. The van der Waals surface area contributed by atoms with Crippen molar-refractivity contribution >= 4 is 6.21 Å². The maximum absolute atomic E-state index is 13.3. The lowest BCUT2D eigenvalue weighted by Crippen LogP contribution is -2.18. The van der Waals surface area contributed by atoms with Crippen molar-refractivity contribution in [2.24, 2.45) is 10.9 Å². The number of phenolic OH excluding ortho intramolecular Hbond substituents is 1. The highest BCUT2D eigenvalue weighted by Gasteiger charge is 2.19. The van der Waals surface area contributed by atoms with Gasteiger partial charge >= 0.3 is 0 Å². The van der Waals surface area contributed by atoms with E-state index in [-0.39, 0.29) is 35.5 Å². The van der Waals surface area contributed by atoms with Crippen LogP contribution in [0.4, 0.5) is 4.39 Å². The van der Waals surface area contributed by atoms with Gasteiger partial charge in [0, 0.05) is 17.3 Å². The number of aromatic hydroxyl groups is 1. The Morgan fingerprint density at radius 3 is 2.23 bits per heavy atom. The molecule has 2 aromatic carbocycles. The van der Waals surface area contributed by atoms with Crippen LogP contribution in [0.1, 0.15) is 45.7 Å². The van der Waals surface area contributed by atoms with Gasteiger partial charge in [0.2, 0.25) is 0 Å². The fourth-order valence-corrected chi connectivity index (χ4v) is 2.64. The maximum atomic E-state index is 13.3. The second-order valence-electron chi connectivity index (χ2n) is 7.99. The summed E-state index contributed by atoms with van der Waals surface area (Å²) in [6, 6.07) is 9.71. The predicted molar refractivity (Wildman–Crippen MR) is 106 cm³/mol. The molecule has 3 nitrogen and oxygen atoms in total. The monoisotopic (exact) mass is 357 g/mol. The second kappa shape index (κ2) is 8.00. The number of phenols is 1. The van der Waals surface area contributed by atoms with Crippen molar-refractivity contribution in [3.8, 4) is 16.9 Å². The van der Waals surface area contributed by atoms with Crippen LogP contribution in [0.25, 0.3) is 11.1 Å². The molecule has 140 valence electrons. The van der Waals surface area contributed by atoms with Crippen molar-refractivity contribution < 1.29 is 14.6 Å². The molecule has 2 rings (SSSR count). The summed E-state index contributed by atoms with van der Waals surface area (Å²) in [7, 11) is 0. The summed E-state index contributed by atoms with van der Waals surface area (Å²) >= 11 is 0. The fourth-order valence-electron chi connectivity index (χ4n) is 2.64. The van der Waals surface area contributed by atoms with Crippen LogP contribution < -0.4 is 0 Å². The Kier molecular flexibility index (Phi) is 6.19. The van der Waals surface area contributed by atoms with Crippen molar-refractivity contribution in [1.29, 1.82) is 0 Å². The summed E-state index contributed by atoms with van der Waals surface area (Å²) in [6.45, 7) is 10.2. The minimum Gasteiger partial charge on any atom is -0.507 e. The number of nitrogens with zero attached hydrogens (tertiary/aromatic N) is 1. The van der Waals surface area contributed by atoms with Crippen molar-refractivity contribution in [1.82, 2.24) is 0 Å². The molecule has 4 heteroatoms. The summed E-state index contributed by atoms with van der Waals surface area (Å²) in [5, 5.41) is 20.3. The molecule has 1 atom stereocenters. The average molecular weight is 357 g/mol. The zero-order valence-electron chi connectivity index (χ0n) is 16.1. The third-order valence-electron chi connectivity index (χ3n) is 4.52. The van der Waals surface area contributed by atoms with E-state index in [1.807, 2.05) is 26.0 Å². The smallest absolute Gasteiger partial charge is 0.132 e. The molecule has 0 aliphatic rings. The highest BCUT2D eigenvalue weighted by atomic mass is 19.1. The number of hydrogen-bond acceptors (Lipinski definition) is 3. The predicted octanol–water partition coefficient (Wildman–Crippen LogP) is 4.93. The average Bonchev–Trinajstić information content (AvgIpc) is 2.56. The lowest BCUT2D eigenvalue weighted by atomic mass is 9.84. The van der Waals surface area contributed by atoms with Gasteiger partial charge in [-0.25, -0.2) is 4.39 Å². The Morgan fingerprint density at radius 2 is 1.73 bits per heavy atom. The van der Waals surface area contributed by atoms with Crippen LogP contribution in [0.3, 0.4) is 0 Å². The van der Waals surface area contributed by atoms with Gasteiger partial charge < -0.3 is 10.2 Å². The van der Waals surface area contributed by atoms with Crippen LogP contribution in [0.5, 0.6) is 5.75 Å². The molecule has 0 fully saturated rings. The van der Waals surface area contributed by atoms with Crippen molar-refractivity contribution in [2.45, 2.75) is 46.1 Å². The Morgan fingerprint density at radius 1 is 1.12 bits per heavy atom. The van der Waals surface area contributed by atoms with E-state index in [9.17, 15) is 14.6 Å². The van der Waals surface area contributed by atoms with Crippen molar-refractivity contribution in [2.75, 3.05) is 6.61 Å². The zero-order valence-corrected chi connectivity index (χ0v) is 16.1. The number of halogens is 1. The van der Waals surface area contributed by atoms with Gasteiger partial charge in [-0.2, -0.15) is 0 Å². The van der Waals surface area contributed by atoms with Gasteiger partial charge in [-0.3, -0.25) is 4.99 Å². The molecule has 0 bridgehead atoms. The maximum Gasteiger partial charge on any atom is 0.132 e. The lowest BCUT2D eigenvalue weighted by Gasteiger charge is -2.22. The lowest BCUT2D eigenvalue weighted by molar-refractivity contribution is 0.240. The number of benzene rings is 2. The molecule has 26 heavy (non-hydrogen) atoms. The molecule has 0 heterocycles. The van der Waals surface area contributed by atoms with Gasteiger partial charge in [-0.05, 0) is 46.7 Å². The quantitative estimate of drug-likeness (QED) is 0.745. The van der Waals surface area contributed by atoms with Crippen LogP contribution in [-0.4, -0.2) is 29.1 Å². The highest BCUT2D eigenvalue weighted by Crippen LogP contribution is 2.36. The Balaban J connectivity index is 2.59. The molecular weight excluding hydrogens is 329 g/mol. The van der Waals surface area contributed by atoms with E-state index >= 15 is 0 Å². The first-order chi connectivity index (χ1) is 12.1. The Labute approximate surface area is 155 Å². The molecule has 0 aromatic heterocycles. The van der Waals surface area contributed by atoms with E-state index in [4.69, 9.17) is 0 Å². The SMILES string of the molecule is CC(C)[C@@H](CO)N=Cc1cc(C(C)(C)C)cc(-c2ccc(F)cc2)c1O. The van der Waals surface area contributed by atoms with E-state index in [2.05, 4.69) is 25.8 Å². The molecule has 0 radical (unpaired) electrons. The molecule has 0 aliphatic heterocycles. The number of aliphatic hydroxyl groups is 1. The van der Waals surface area contributed by atoms with Crippen LogP contribution in [0.15, 0.2) is 41.4 Å². The number of aliphatic imine (C=N–C) groups is 1. The third kappa shape index (κ3) is 4.70. The minimum absolute atomic E-state index is 0.0429. The Bertz CT molecular complexity index is 774. The third-order valence-corrected chi connectivity index (χ3v) is 4.52. The normalized spacial score (nSPS) is 13.5. The molecule has 0 unspecified atom stereocenters. The Hall–Kier alpha value is -2.20. The molecule has 2 aromatic rings. The molecule has 0 saturated carbocycles. The van der Waals surface area contributed by atoms with Crippen LogP contribution in [-0.2, 0) is 5.41 Å². The van der Waals surface area contributed by atoms with Crippen LogP contribution >= 0.6 is 0 Å². The van der Waals surface area contributed by atoms with Crippen molar-refractivity contribution in [3.63, 3.8) is 0 Å². The summed E-state index contributed by atoms with van der Waals surface area (Å²) in [5.41, 5.74) is 2.90. The summed E-state index contributed by atoms with van der Waals surface area (Å²) in [5.74, 6) is -0.0145. The van der Waals surface area contributed by atoms with E-state index in [1.54, 1.807) is 18.3 Å². The molecule has 0 amide bonds. The van der Waals surface area contributed by atoms with E-state index in [1.165, 1.54) is 12.1 Å². The summed E-state index contributed by atoms with van der Waals surface area (Å²) in [4.78, 5) is 4.45. The van der Waals surface area contributed by atoms with Gasteiger partial charge in [0.1, 0.15) is 11.6 Å². The number of aliphatic hydroxyl groups excluding tert-OH is 1. The van der Waals surface area contributed by atoms with E-state index in [0.29, 0.717) is 11.1 Å². The van der Waals surface area contributed by atoms with Crippen molar-refractivity contribution in [3.05, 3.63) is 53.3 Å². The van der Waals surface area contributed by atoms with Crippen LogP contribution in [0, 0.1) is 11.7 Å². The molecule has 2 N–H and O–H groups in total. The van der Waals surface area contributed by atoms with E-state index in [0.717, 1.165) is 11.1 Å². The second-order valence-corrected chi connectivity index (χ2v) is 7.99. The molecular formula is C22H28FNO2. The number of rotatable bonds is 5. The fraction of sp³-hybridized carbons (Fsp3) is 0.409. The largest absolute Gasteiger partial charge is 0.507 e. The topological polar surface area (TPSA) is 52.8 Å². The first-order valence-electron chi connectivity index (χ1n) is 8.91. The van der Waals surface area contributed by atoms with E-state index < -0.39 is 0 Å². The van der Waals surface area contributed by atoms with Crippen LogP contribution in [0.2, 0.25) is 0 Å². The minimum atomic E-state index is -0.315. The van der Waals surface area contributed by atoms with Gasteiger partial charge in [0.15, 0.2) is 0 Å². The van der Waals surface area contributed by atoms with Gasteiger partial charge in [0.25, 0.3) is 0 Å². The molecule has 0 spiro atoms.